The molecule has 0 aliphatic heterocycles. The van der Waals surface area contributed by atoms with Gasteiger partial charge in [-0.25, -0.2) is 13.1 Å². The molecule has 0 aromatic carbocycles. The van der Waals surface area contributed by atoms with Gasteiger partial charge in [0.1, 0.15) is 0 Å². The molecule has 3 N–H and O–H groups in total. The lowest BCUT2D eigenvalue weighted by Crippen LogP contribution is -2.26. The number of nitrogens with one attached hydrogen (secondary N) is 2. The van der Waals surface area contributed by atoms with Crippen molar-refractivity contribution >= 4 is 10.0 Å². The molecule has 6 nitrogen and oxygen atoms in total. The molecule has 0 unspecified atom stereocenters. The minimum Gasteiger partial charge on any atom is -0.392 e. The third-order valence-electron chi connectivity index (χ3n) is 1.94. The largest absolute Gasteiger partial charge is 0.392 e. The summed E-state index contributed by atoms with van der Waals surface area (Å²) in [5.74, 6) is 0. The van der Waals surface area contributed by atoms with E-state index in [0.29, 0.717) is 6.54 Å². The molecule has 0 saturated heterocycles. The molecule has 0 aliphatic carbocycles. The van der Waals surface area contributed by atoms with Gasteiger partial charge in [0.2, 0.25) is 0 Å². The van der Waals surface area contributed by atoms with Crippen LogP contribution >= 0.6 is 0 Å². The van der Waals surface area contributed by atoms with Gasteiger partial charge in [0.25, 0.3) is 10.0 Å². The van der Waals surface area contributed by atoms with E-state index in [9.17, 15) is 8.42 Å². The van der Waals surface area contributed by atoms with Gasteiger partial charge in [-0.2, -0.15) is 5.10 Å². The zero-order valence-corrected chi connectivity index (χ0v) is 9.34. The number of sulfonamides is 1. The van der Waals surface area contributed by atoms with Crippen LogP contribution in [0, 0.1) is 0 Å². The average Bonchev–Trinajstić information content (AvgIpc) is 2.66. The van der Waals surface area contributed by atoms with Crippen molar-refractivity contribution in [2.75, 3.05) is 6.54 Å². The molecule has 1 aromatic heterocycles. The van der Waals surface area contributed by atoms with E-state index in [4.69, 9.17) is 5.11 Å². The maximum absolute atomic E-state index is 11.7. The van der Waals surface area contributed by atoms with Gasteiger partial charge in [0.05, 0.1) is 12.8 Å². The van der Waals surface area contributed by atoms with Gasteiger partial charge in [0.15, 0.2) is 5.03 Å². The predicted molar refractivity (Wildman–Crippen MR) is 54.6 cm³/mol. The quantitative estimate of drug-likeness (QED) is 0.602. The number of aliphatic hydroxyl groups is 1. The van der Waals surface area contributed by atoms with Crippen LogP contribution in [0.5, 0.6) is 0 Å². The van der Waals surface area contributed by atoms with E-state index >= 15 is 0 Å². The van der Waals surface area contributed by atoms with Crippen molar-refractivity contribution in [3.8, 4) is 0 Å². The number of rotatable bonds is 6. The zero-order chi connectivity index (χ0) is 11.3. The van der Waals surface area contributed by atoms with Crippen LogP contribution in [-0.4, -0.2) is 30.3 Å². The van der Waals surface area contributed by atoms with Crippen molar-refractivity contribution in [2.24, 2.45) is 0 Å². The molecule has 15 heavy (non-hydrogen) atoms. The maximum atomic E-state index is 11.7. The smallest absolute Gasteiger partial charge is 0.257 e. The molecule has 7 heteroatoms. The van der Waals surface area contributed by atoms with Crippen LogP contribution in [0.4, 0.5) is 0 Å². The molecular weight excluding hydrogens is 218 g/mol. The van der Waals surface area contributed by atoms with E-state index in [1.54, 1.807) is 0 Å². The van der Waals surface area contributed by atoms with Crippen LogP contribution in [0.2, 0.25) is 0 Å². The number of aromatic amines is 1. The highest BCUT2D eigenvalue weighted by Crippen LogP contribution is 2.11. The summed E-state index contributed by atoms with van der Waals surface area (Å²) in [4.78, 5) is 0. The van der Waals surface area contributed by atoms with Gasteiger partial charge in [-0.15, -0.1) is 0 Å². The molecule has 0 radical (unpaired) electrons. The Labute approximate surface area is 88.8 Å². The van der Waals surface area contributed by atoms with E-state index in [0.717, 1.165) is 12.8 Å². The van der Waals surface area contributed by atoms with Crippen molar-refractivity contribution in [3.63, 3.8) is 0 Å². The summed E-state index contributed by atoms with van der Waals surface area (Å²) in [6.07, 6.45) is 2.99. The molecule has 1 heterocycles. The molecule has 1 aromatic rings. The molecule has 0 fully saturated rings. The summed E-state index contributed by atoms with van der Waals surface area (Å²) in [6.45, 7) is 2.02. The van der Waals surface area contributed by atoms with Gasteiger partial charge < -0.3 is 5.11 Å². The SMILES string of the molecule is CCCCNS(=O)(=O)c1[nH]ncc1CO. The van der Waals surface area contributed by atoms with Crippen molar-refractivity contribution < 1.29 is 13.5 Å². The summed E-state index contributed by atoms with van der Waals surface area (Å²) in [5, 5.41) is 14.8. The van der Waals surface area contributed by atoms with Crippen LogP contribution in [0.3, 0.4) is 0 Å². The van der Waals surface area contributed by atoms with Gasteiger partial charge in [-0.3, -0.25) is 5.10 Å². The third kappa shape index (κ3) is 3.01. The fourth-order valence-electron chi connectivity index (χ4n) is 1.10. The Hall–Kier alpha value is -0.920. The molecule has 86 valence electrons. The van der Waals surface area contributed by atoms with Crippen molar-refractivity contribution in [2.45, 2.75) is 31.4 Å². The van der Waals surface area contributed by atoms with E-state index < -0.39 is 10.0 Å². The first-order valence-electron chi connectivity index (χ1n) is 4.74. The van der Waals surface area contributed by atoms with Gasteiger partial charge >= 0.3 is 0 Å². The second-order valence-corrected chi connectivity index (χ2v) is 4.84. The van der Waals surface area contributed by atoms with Crippen LogP contribution in [-0.2, 0) is 16.6 Å². The monoisotopic (exact) mass is 233 g/mol. The number of aromatic nitrogens is 2. The molecule has 0 amide bonds. The number of hydrogen-bond acceptors (Lipinski definition) is 4. The minimum absolute atomic E-state index is 0.0545. The fraction of sp³-hybridized carbons (Fsp3) is 0.625. The topological polar surface area (TPSA) is 95.1 Å². The first-order chi connectivity index (χ1) is 7.11. The molecular formula is C8H15N3O3S. The van der Waals surface area contributed by atoms with Gasteiger partial charge in [-0.1, -0.05) is 13.3 Å². The van der Waals surface area contributed by atoms with E-state index in [1.807, 2.05) is 6.92 Å². The van der Waals surface area contributed by atoms with Crippen molar-refractivity contribution in [1.82, 2.24) is 14.9 Å². The summed E-state index contributed by atoms with van der Waals surface area (Å²) >= 11 is 0. The van der Waals surface area contributed by atoms with Crippen molar-refractivity contribution in [3.05, 3.63) is 11.8 Å². The van der Waals surface area contributed by atoms with Gasteiger partial charge in [-0.05, 0) is 6.42 Å². The fourth-order valence-corrected chi connectivity index (χ4v) is 2.29. The highest BCUT2D eigenvalue weighted by Gasteiger charge is 2.19. The van der Waals surface area contributed by atoms with E-state index in [1.165, 1.54) is 6.20 Å². The van der Waals surface area contributed by atoms with Gasteiger partial charge in [0, 0.05) is 12.1 Å². The average molecular weight is 233 g/mol. The Balaban J connectivity index is 2.77. The predicted octanol–water partition coefficient (Wildman–Crippen LogP) is -0.0196. The molecule has 0 atom stereocenters. The number of hydrogen-bond donors (Lipinski definition) is 3. The third-order valence-corrected chi connectivity index (χ3v) is 3.41. The molecule has 0 bridgehead atoms. The van der Waals surface area contributed by atoms with Crippen LogP contribution < -0.4 is 4.72 Å². The lowest BCUT2D eigenvalue weighted by atomic mass is 10.3. The summed E-state index contributed by atoms with van der Waals surface area (Å²) in [7, 11) is -3.56. The van der Waals surface area contributed by atoms with E-state index in [-0.39, 0.29) is 17.2 Å². The molecule has 0 spiro atoms. The number of aliphatic hydroxyl groups excluding tert-OH is 1. The molecule has 0 saturated carbocycles. The second-order valence-electron chi connectivity index (χ2n) is 3.13. The second kappa shape index (κ2) is 5.24. The highest BCUT2D eigenvalue weighted by atomic mass is 32.2. The van der Waals surface area contributed by atoms with E-state index in [2.05, 4.69) is 14.9 Å². The summed E-state index contributed by atoms with van der Waals surface area (Å²) in [6, 6.07) is 0. The van der Waals surface area contributed by atoms with Crippen LogP contribution in [0.1, 0.15) is 25.3 Å². The first-order valence-corrected chi connectivity index (χ1v) is 6.23. The normalized spacial score (nSPS) is 11.9. The Morgan fingerprint density at radius 3 is 2.93 bits per heavy atom. The molecule has 1 rings (SSSR count). The first kappa shape index (κ1) is 12.2. The highest BCUT2D eigenvalue weighted by molar-refractivity contribution is 7.89. The summed E-state index contributed by atoms with van der Waals surface area (Å²) in [5.41, 5.74) is 0.277. The molecule has 0 aliphatic rings. The lowest BCUT2D eigenvalue weighted by molar-refractivity contribution is 0.278. The lowest BCUT2D eigenvalue weighted by Gasteiger charge is -2.04. The number of H-pyrrole nitrogens is 1. The van der Waals surface area contributed by atoms with Crippen LogP contribution in [0.15, 0.2) is 11.2 Å². The maximum Gasteiger partial charge on any atom is 0.257 e. The Kier molecular flexibility index (Phi) is 4.25. The summed E-state index contributed by atoms with van der Waals surface area (Å²) < 4.78 is 25.7. The van der Waals surface area contributed by atoms with Crippen LogP contribution in [0.25, 0.3) is 0 Å². The Morgan fingerprint density at radius 2 is 2.33 bits per heavy atom. The Bertz CT molecular complexity index is 399. The standard InChI is InChI=1S/C8H15N3O3S/c1-2-3-4-10-15(13,14)8-7(6-12)5-9-11-8/h5,10,12H,2-4,6H2,1H3,(H,9,11). The minimum atomic E-state index is -3.56. The number of nitrogens with zero attached hydrogens (tertiary/aromatic N) is 1. The van der Waals surface area contributed by atoms with Crippen molar-refractivity contribution in [1.29, 1.82) is 0 Å². The Morgan fingerprint density at radius 1 is 1.60 bits per heavy atom. The number of unbranched alkanes of at least 4 members (excludes halogenated alkanes) is 1. The zero-order valence-electron chi connectivity index (χ0n) is 8.52.